The van der Waals surface area contributed by atoms with Gasteiger partial charge >= 0.3 is 0 Å². The van der Waals surface area contributed by atoms with Gasteiger partial charge in [-0.25, -0.2) is 0 Å². The minimum atomic E-state index is 1.00. The molecule has 0 amide bonds. The summed E-state index contributed by atoms with van der Waals surface area (Å²) in [7, 11) is 1.00. The molecule has 58 valence electrons. The number of aliphatic hydroxyl groups is 1. The van der Waals surface area contributed by atoms with Gasteiger partial charge in [0.1, 0.15) is 0 Å². The van der Waals surface area contributed by atoms with Crippen LogP contribution in [0.5, 0.6) is 0 Å². The minimum absolute atomic E-state index is 1.00. The van der Waals surface area contributed by atoms with Gasteiger partial charge in [-0.1, -0.05) is 6.07 Å². The molecule has 0 saturated heterocycles. The van der Waals surface area contributed by atoms with Crippen LogP contribution >= 0.6 is 11.8 Å². The van der Waals surface area contributed by atoms with E-state index in [2.05, 4.69) is 23.1 Å². The lowest BCUT2D eigenvalue weighted by Crippen LogP contribution is -1.90. The van der Waals surface area contributed by atoms with E-state index >= 15 is 0 Å². The first-order valence-corrected chi connectivity index (χ1v) is 4.43. The molecule has 2 aliphatic rings. The number of hydrogen-bond acceptors (Lipinski definition) is 3. The molecule has 2 heterocycles. The van der Waals surface area contributed by atoms with Gasteiger partial charge in [0.15, 0.2) is 0 Å². The normalized spacial score (nSPS) is 15.3. The zero-order valence-electron chi connectivity index (χ0n) is 6.24. The number of anilines is 2. The van der Waals surface area contributed by atoms with Gasteiger partial charge in [0.2, 0.25) is 0 Å². The fourth-order valence-corrected chi connectivity index (χ4v) is 2.39. The quantitative estimate of drug-likeness (QED) is 0.596. The molecule has 0 unspecified atom stereocenters. The van der Waals surface area contributed by atoms with Crippen molar-refractivity contribution in [3.8, 4) is 0 Å². The van der Waals surface area contributed by atoms with Crippen LogP contribution in [0.25, 0.3) is 0 Å². The van der Waals surface area contributed by atoms with Crippen molar-refractivity contribution in [3.63, 3.8) is 0 Å². The van der Waals surface area contributed by atoms with E-state index in [1.165, 1.54) is 16.3 Å². The smallest absolute Gasteiger partial charge is 0.0799 e. The van der Waals surface area contributed by atoms with Crippen LogP contribution in [0, 0.1) is 0 Å². The fraction of sp³-hybridized carbons (Fsp3) is 0.250. The second-order valence-corrected chi connectivity index (χ2v) is 3.31. The Morgan fingerprint density at radius 1 is 1.45 bits per heavy atom. The first-order chi connectivity index (χ1) is 5.47. The maximum Gasteiger partial charge on any atom is 0.0799 e. The van der Waals surface area contributed by atoms with Gasteiger partial charge in [0.05, 0.1) is 17.3 Å². The van der Waals surface area contributed by atoms with E-state index in [1.54, 1.807) is 0 Å². The maximum atomic E-state index is 7.00. The third-order valence-electron chi connectivity index (χ3n) is 1.84. The molecule has 0 bridgehead atoms. The van der Waals surface area contributed by atoms with Crippen LogP contribution in [-0.2, 0) is 0 Å². The molecule has 0 atom stereocenters. The summed E-state index contributed by atoms with van der Waals surface area (Å²) in [6.07, 6.45) is 0. The SMILES string of the molecule is CO.c1cc2c3c(c1)N3CS2. The van der Waals surface area contributed by atoms with E-state index in [1.807, 2.05) is 11.8 Å². The van der Waals surface area contributed by atoms with E-state index in [-0.39, 0.29) is 0 Å². The summed E-state index contributed by atoms with van der Waals surface area (Å²) < 4.78 is 0. The number of fused-ring (bicyclic) bond motifs is 1. The molecule has 1 aromatic rings. The highest BCUT2D eigenvalue weighted by Gasteiger charge is 2.36. The van der Waals surface area contributed by atoms with Crippen molar-refractivity contribution in [3.05, 3.63) is 18.2 Å². The molecule has 2 nitrogen and oxygen atoms in total. The standard InChI is InChI=1S/C7H5NS.CH4O/c1-2-5-7-6(3-1)9-4-8(5)7;1-2/h1-3H,4H2;2H,1H3. The molecular formula is C8H9NOS. The molecule has 1 N–H and O–H groups in total. The Kier molecular flexibility index (Phi) is 1.55. The topological polar surface area (TPSA) is 23.2 Å². The number of aliphatic hydroxyl groups excluding tert-OH is 1. The summed E-state index contributed by atoms with van der Waals surface area (Å²) in [6.45, 7) is 0. The van der Waals surface area contributed by atoms with E-state index in [0.29, 0.717) is 0 Å². The fourth-order valence-electron chi connectivity index (χ4n) is 1.33. The Morgan fingerprint density at radius 3 is 2.91 bits per heavy atom. The van der Waals surface area contributed by atoms with Gasteiger partial charge in [-0.05, 0) is 12.1 Å². The average Bonchev–Trinajstić information content (AvgIpc) is 2.58. The molecule has 0 spiro atoms. The average molecular weight is 167 g/mol. The molecular weight excluding hydrogens is 158 g/mol. The third-order valence-corrected chi connectivity index (χ3v) is 2.87. The second-order valence-electron chi connectivity index (χ2n) is 2.33. The van der Waals surface area contributed by atoms with Crippen LogP contribution in [-0.4, -0.2) is 18.1 Å². The number of benzene rings is 1. The molecule has 1 aromatic carbocycles. The van der Waals surface area contributed by atoms with E-state index < -0.39 is 0 Å². The van der Waals surface area contributed by atoms with E-state index in [4.69, 9.17) is 5.11 Å². The Hall–Kier alpha value is -0.670. The predicted molar refractivity (Wildman–Crippen MR) is 47.4 cm³/mol. The van der Waals surface area contributed by atoms with Gasteiger partial charge in [-0.2, -0.15) is 0 Å². The van der Waals surface area contributed by atoms with Crippen molar-refractivity contribution in [2.75, 3.05) is 17.9 Å². The Balaban J connectivity index is 0.000000224. The molecule has 0 aromatic heterocycles. The number of para-hydroxylation sites is 1. The summed E-state index contributed by atoms with van der Waals surface area (Å²) in [6, 6.07) is 6.50. The second kappa shape index (κ2) is 2.43. The highest BCUT2D eigenvalue weighted by Crippen LogP contribution is 2.59. The van der Waals surface area contributed by atoms with Crippen molar-refractivity contribution in [2.45, 2.75) is 4.90 Å². The Morgan fingerprint density at radius 2 is 2.27 bits per heavy atom. The van der Waals surface area contributed by atoms with Crippen molar-refractivity contribution in [1.82, 2.24) is 0 Å². The van der Waals surface area contributed by atoms with Crippen LogP contribution in [0.4, 0.5) is 11.4 Å². The lowest BCUT2D eigenvalue weighted by Gasteiger charge is -1.93. The number of thioether (sulfide) groups is 1. The van der Waals surface area contributed by atoms with Gasteiger partial charge in [-0.3, -0.25) is 0 Å². The largest absolute Gasteiger partial charge is 0.400 e. The predicted octanol–water partition coefficient (Wildman–Crippen LogP) is 1.81. The summed E-state index contributed by atoms with van der Waals surface area (Å²) in [4.78, 5) is 3.81. The molecule has 0 radical (unpaired) electrons. The molecule has 3 rings (SSSR count). The lowest BCUT2D eigenvalue weighted by atomic mass is 10.4. The van der Waals surface area contributed by atoms with Gasteiger partial charge in [-0.15, -0.1) is 11.8 Å². The number of hydrogen-bond donors (Lipinski definition) is 1. The summed E-state index contributed by atoms with van der Waals surface area (Å²) in [5.41, 5.74) is 2.94. The monoisotopic (exact) mass is 167 g/mol. The first kappa shape index (κ1) is 7.00. The summed E-state index contributed by atoms with van der Waals surface area (Å²) in [5, 5.41) is 7.00. The third kappa shape index (κ3) is 0.847. The van der Waals surface area contributed by atoms with Crippen molar-refractivity contribution < 1.29 is 5.11 Å². The van der Waals surface area contributed by atoms with Crippen molar-refractivity contribution in [1.29, 1.82) is 0 Å². The van der Waals surface area contributed by atoms with Crippen LogP contribution in [0.3, 0.4) is 0 Å². The van der Waals surface area contributed by atoms with Gasteiger partial charge in [0.25, 0.3) is 0 Å². The first-order valence-electron chi connectivity index (χ1n) is 3.45. The van der Waals surface area contributed by atoms with Crippen LogP contribution in [0.2, 0.25) is 0 Å². The van der Waals surface area contributed by atoms with E-state index in [9.17, 15) is 0 Å². The molecule has 0 aliphatic carbocycles. The van der Waals surface area contributed by atoms with Crippen molar-refractivity contribution in [2.24, 2.45) is 0 Å². The maximum absolute atomic E-state index is 7.00. The molecule has 0 saturated carbocycles. The summed E-state index contributed by atoms with van der Waals surface area (Å²) in [5.74, 6) is 1.15. The zero-order valence-corrected chi connectivity index (χ0v) is 7.06. The number of rotatable bonds is 0. The van der Waals surface area contributed by atoms with Crippen LogP contribution in [0.1, 0.15) is 0 Å². The van der Waals surface area contributed by atoms with Gasteiger partial charge < -0.3 is 10.0 Å². The highest BCUT2D eigenvalue weighted by atomic mass is 32.2. The summed E-state index contributed by atoms with van der Waals surface area (Å²) >= 11 is 1.93. The highest BCUT2D eigenvalue weighted by molar-refractivity contribution is 8.00. The molecule has 11 heavy (non-hydrogen) atoms. The Bertz CT molecular complexity index is 287. The van der Waals surface area contributed by atoms with Gasteiger partial charge in [0, 0.05) is 12.0 Å². The molecule has 3 heteroatoms. The minimum Gasteiger partial charge on any atom is -0.400 e. The molecule has 2 aliphatic heterocycles. The molecule has 0 fully saturated rings. The number of nitrogens with zero attached hydrogens (tertiary/aromatic N) is 1. The Labute approximate surface area is 69.8 Å². The van der Waals surface area contributed by atoms with Crippen molar-refractivity contribution >= 4 is 23.1 Å². The van der Waals surface area contributed by atoms with Crippen LogP contribution < -0.4 is 4.90 Å². The lowest BCUT2D eigenvalue weighted by molar-refractivity contribution is 0.399. The van der Waals surface area contributed by atoms with E-state index in [0.717, 1.165) is 13.0 Å². The van der Waals surface area contributed by atoms with Crippen LogP contribution in [0.15, 0.2) is 23.1 Å². The zero-order chi connectivity index (χ0) is 7.84.